The maximum atomic E-state index is 13.8. The number of alkyl halides is 3. The molecule has 0 aliphatic carbocycles. The first-order valence-electron chi connectivity index (χ1n) is 13.4. The van der Waals surface area contributed by atoms with Gasteiger partial charge in [-0.2, -0.15) is 4.31 Å². The lowest BCUT2D eigenvalue weighted by atomic mass is 9.87. The van der Waals surface area contributed by atoms with Gasteiger partial charge >= 0.3 is 6.36 Å². The lowest BCUT2D eigenvalue weighted by molar-refractivity contribution is -0.275. The van der Waals surface area contributed by atoms with Crippen LogP contribution in [0.1, 0.15) is 50.2 Å². The Labute approximate surface area is 250 Å². The number of nitrogens with two attached hydrogens (primary N) is 1. The number of hydrogen-bond donors (Lipinski definition) is 3. The minimum absolute atomic E-state index is 0.227. The summed E-state index contributed by atoms with van der Waals surface area (Å²) < 4.78 is 82.5. The largest absolute Gasteiger partial charge is 0.573 e. The molecule has 2 saturated heterocycles. The number of benzene rings is 2. The SMILES string of the molecule is Cc1cc(C(=O)N2CC(O)C2)cc(C)c1/C=C/S(=O)(=O)N1CCC(NC(=O)c2ccc(F)c(OC(F)(F)F)c2)(C(N)=O)CC1. The normalized spacial score (nSPS) is 17.8. The van der Waals surface area contributed by atoms with Crippen LogP contribution in [0.15, 0.2) is 35.7 Å². The van der Waals surface area contributed by atoms with Gasteiger partial charge in [0, 0.05) is 42.7 Å². The summed E-state index contributed by atoms with van der Waals surface area (Å²) in [4.78, 5) is 39.4. The second kappa shape index (κ2) is 12.2. The number of ether oxygens (including phenoxy) is 1. The molecule has 238 valence electrons. The van der Waals surface area contributed by atoms with Crippen LogP contribution >= 0.6 is 0 Å². The number of nitrogens with one attached hydrogen (secondary N) is 1. The van der Waals surface area contributed by atoms with E-state index < -0.39 is 57.0 Å². The Balaban J connectivity index is 1.45. The Morgan fingerprint density at radius 2 is 1.66 bits per heavy atom. The van der Waals surface area contributed by atoms with Crippen LogP contribution in [0.25, 0.3) is 6.08 Å². The number of β-amino-alcohol motifs (C(OH)–C–C–N with tert-alkyl or cyclic N) is 1. The number of likely N-dealkylation sites (tertiary alicyclic amines) is 1. The molecule has 0 bridgehead atoms. The molecule has 0 spiro atoms. The lowest BCUT2D eigenvalue weighted by Crippen LogP contribution is -2.62. The summed E-state index contributed by atoms with van der Waals surface area (Å²) in [5.74, 6) is -4.87. The zero-order valence-electron chi connectivity index (χ0n) is 23.7. The molecule has 0 saturated carbocycles. The van der Waals surface area contributed by atoms with E-state index in [0.29, 0.717) is 34.4 Å². The molecule has 2 aliphatic rings. The molecule has 11 nitrogen and oxygen atoms in total. The highest BCUT2D eigenvalue weighted by atomic mass is 32.2. The van der Waals surface area contributed by atoms with E-state index in [9.17, 15) is 45.5 Å². The molecular weight excluding hydrogens is 612 g/mol. The standard InChI is InChI=1S/C28H30F4N4O7S/c1-16-11-19(25(39)35-14-20(37)15-35)12-17(2)21(16)5-10-44(41,42)36-8-6-27(7-9-36,26(33)40)34-24(38)18-3-4-22(29)23(13-18)43-28(30,31)32/h3-5,10-13,20,37H,6-9,14-15H2,1-2H3,(H2,33,40)(H,34,38)/b10-5+. The van der Waals surface area contributed by atoms with E-state index in [2.05, 4.69) is 10.1 Å². The first kappa shape index (κ1) is 32.9. The van der Waals surface area contributed by atoms with Crippen molar-refractivity contribution in [3.8, 4) is 5.75 Å². The van der Waals surface area contributed by atoms with Crippen molar-refractivity contribution in [3.63, 3.8) is 0 Å². The maximum absolute atomic E-state index is 13.8. The number of nitrogens with zero attached hydrogens (tertiary/aromatic N) is 2. The first-order chi connectivity index (χ1) is 20.4. The number of aryl methyl sites for hydroxylation is 2. The molecule has 44 heavy (non-hydrogen) atoms. The zero-order chi connectivity index (χ0) is 32.6. The van der Waals surface area contributed by atoms with Crippen LogP contribution in [0.5, 0.6) is 5.75 Å². The molecule has 3 amide bonds. The second-order valence-corrected chi connectivity index (χ2v) is 12.5. The maximum Gasteiger partial charge on any atom is 0.573 e. The average Bonchev–Trinajstić information content (AvgIpc) is 2.91. The number of carbonyl (C=O) groups is 3. The van der Waals surface area contributed by atoms with Crippen LogP contribution in [0.3, 0.4) is 0 Å². The van der Waals surface area contributed by atoms with Crippen molar-refractivity contribution in [1.82, 2.24) is 14.5 Å². The molecule has 16 heteroatoms. The van der Waals surface area contributed by atoms with Crippen LogP contribution < -0.4 is 15.8 Å². The Morgan fingerprint density at radius 3 is 2.18 bits per heavy atom. The average molecular weight is 643 g/mol. The number of rotatable bonds is 8. The Kier molecular flexibility index (Phi) is 9.09. The monoisotopic (exact) mass is 642 g/mol. The van der Waals surface area contributed by atoms with Crippen molar-refractivity contribution >= 4 is 33.8 Å². The van der Waals surface area contributed by atoms with Crippen LogP contribution in [-0.4, -0.2) is 84.6 Å². The number of piperidine rings is 1. The molecule has 2 aliphatic heterocycles. The Bertz CT molecular complexity index is 1590. The number of aliphatic hydroxyl groups excluding tert-OH is 1. The fourth-order valence-electron chi connectivity index (χ4n) is 5.10. The van der Waals surface area contributed by atoms with E-state index in [4.69, 9.17) is 5.73 Å². The van der Waals surface area contributed by atoms with Crippen molar-refractivity contribution in [2.75, 3.05) is 26.2 Å². The summed E-state index contributed by atoms with van der Waals surface area (Å²) in [7, 11) is -4.02. The van der Waals surface area contributed by atoms with Crippen molar-refractivity contribution in [1.29, 1.82) is 0 Å². The number of aliphatic hydroxyl groups is 1. The van der Waals surface area contributed by atoms with Crippen molar-refractivity contribution in [3.05, 3.63) is 69.4 Å². The number of hydrogen-bond acceptors (Lipinski definition) is 7. The molecule has 0 atom stereocenters. The van der Waals surface area contributed by atoms with E-state index in [-0.39, 0.29) is 44.9 Å². The second-order valence-electron chi connectivity index (χ2n) is 10.7. The topological polar surface area (TPSA) is 159 Å². The highest BCUT2D eigenvalue weighted by Crippen LogP contribution is 2.29. The van der Waals surface area contributed by atoms with Gasteiger partial charge in [-0.05, 0) is 79.8 Å². The third-order valence-electron chi connectivity index (χ3n) is 7.58. The van der Waals surface area contributed by atoms with Crippen LogP contribution in [0, 0.1) is 19.7 Å². The molecule has 0 aromatic heterocycles. The van der Waals surface area contributed by atoms with Gasteiger partial charge < -0.3 is 25.8 Å². The molecule has 2 heterocycles. The Morgan fingerprint density at radius 1 is 1.07 bits per heavy atom. The van der Waals surface area contributed by atoms with E-state index in [1.54, 1.807) is 26.0 Å². The van der Waals surface area contributed by atoms with E-state index in [0.717, 1.165) is 15.8 Å². The van der Waals surface area contributed by atoms with Crippen molar-refractivity contribution in [2.45, 2.75) is 44.7 Å². The van der Waals surface area contributed by atoms with E-state index in [1.165, 1.54) is 11.0 Å². The van der Waals surface area contributed by atoms with Gasteiger partial charge in [0.05, 0.1) is 6.10 Å². The van der Waals surface area contributed by atoms with Gasteiger partial charge in [0.1, 0.15) is 5.54 Å². The van der Waals surface area contributed by atoms with Crippen LogP contribution in [0.4, 0.5) is 17.6 Å². The summed E-state index contributed by atoms with van der Waals surface area (Å²) >= 11 is 0. The van der Waals surface area contributed by atoms with Gasteiger partial charge in [-0.25, -0.2) is 12.8 Å². The highest BCUT2D eigenvalue weighted by Gasteiger charge is 2.43. The summed E-state index contributed by atoms with van der Waals surface area (Å²) in [6.45, 7) is 3.49. The number of primary amides is 1. The molecule has 0 radical (unpaired) electrons. The molecule has 2 aromatic rings. The predicted octanol–water partition coefficient (Wildman–Crippen LogP) is 2.21. The summed E-state index contributed by atoms with van der Waals surface area (Å²) in [5.41, 5.74) is 5.68. The minimum Gasteiger partial charge on any atom is -0.403 e. The number of carbonyl (C=O) groups excluding carboxylic acids is 3. The number of sulfonamides is 1. The van der Waals surface area contributed by atoms with Crippen molar-refractivity contribution < 1.29 is 50.2 Å². The number of amides is 3. The molecule has 0 unspecified atom stereocenters. The molecule has 2 aromatic carbocycles. The van der Waals surface area contributed by atoms with Gasteiger partial charge in [-0.1, -0.05) is 0 Å². The van der Waals surface area contributed by atoms with Gasteiger partial charge in [-0.15, -0.1) is 13.2 Å². The van der Waals surface area contributed by atoms with Gasteiger partial charge in [0.25, 0.3) is 11.8 Å². The first-order valence-corrected chi connectivity index (χ1v) is 14.9. The van der Waals surface area contributed by atoms with Crippen LogP contribution in [-0.2, 0) is 14.8 Å². The van der Waals surface area contributed by atoms with Crippen molar-refractivity contribution in [2.24, 2.45) is 5.73 Å². The third kappa shape index (κ3) is 7.19. The molecule has 4 N–H and O–H groups in total. The molecule has 2 fully saturated rings. The fourth-order valence-corrected chi connectivity index (χ4v) is 6.27. The summed E-state index contributed by atoms with van der Waals surface area (Å²) in [6, 6.07) is 5.29. The zero-order valence-corrected chi connectivity index (χ0v) is 24.5. The quantitative estimate of drug-likeness (QED) is 0.373. The van der Waals surface area contributed by atoms with Gasteiger partial charge in [0.15, 0.2) is 11.6 Å². The van der Waals surface area contributed by atoms with Crippen LogP contribution in [0.2, 0.25) is 0 Å². The summed E-state index contributed by atoms with van der Waals surface area (Å²) in [5, 5.41) is 12.8. The minimum atomic E-state index is -5.21. The smallest absolute Gasteiger partial charge is 0.403 e. The lowest BCUT2D eigenvalue weighted by Gasteiger charge is -2.39. The Hall–Kier alpha value is -4.02. The molecule has 4 rings (SSSR count). The number of halogens is 4. The van der Waals surface area contributed by atoms with Gasteiger partial charge in [-0.3, -0.25) is 14.4 Å². The van der Waals surface area contributed by atoms with E-state index in [1.807, 2.05) is 0 Å². The molecular formula is C28H30F4N4O7S. The van der Waals surface area contributed by atoms with Gasteiger partial charge in [0.2, 0.25) is 15.9 Å². The summed E-state index contributed by atoms with van der Waals surface area (Å²) in [6.07, 6.45) is -4.84. The predicted molar refractivity (Wildman–Crippen MR) is 149 cm³/mol. The van der Waals surface area contributed by atoms with E-state index >= 15 is 0 Å². The third-order valence-corrected chi connectivity index (χ3v) is 9.14. The highest BCUT2D eigenvalue weighted by molar-refractivity contribution is 7.92. The fraction of sp³-hybridized carbons (Fsp3) is 0.393.